The van der Waals surface area contributed by atoms with E-state index in [1.807, 2.05) is 0 Å². The topological polar surface area (TPSA) is 3.24 Å². The van der Waals surface area contributed by atoms with Gasteiger partial charge in [-0.15, -0.1) is 0 Å². The largest absolute Gasteiger partial charge is 0.366 e. The Hall–Kier alpha value is -1.50. The van der Waals surface area contributed by atoms with Crippen molar-refractivity contribution < 1.29 is 0 Å². The highest BCUT2D eigenvalue weighted by atomic mass is 15.2. The summed E-state index contributed by atoms with van der Waals surface area (Å²) in [5.74, 6) is 0. The van der Waals surface area contributed by atoms with Crippen molar-refractivity contribution in [2.45, 2.75) is 13.3 Å². The highest BCUT2D eigenvalue weighted by molar-refractivity contribution is 5.89. The highest BCUT2D eigenvalue weighted by Crippen LogP contribution is 2.41. The molecule has 1 nitrogen and oxygen atoms in total. The first-order chi connectivity index (χ1) is 7.40. The smallest absolute Gasteiger partial charge is 0.0479 e. The number of anilines is 1. The van der Waals surface area contributed by atoms with Crippen LogP contribution in [0.5, 0.6) is 0 Å². The van der Waals surface area contributed by atoms with E-state index in [0.29, 0.717) is 0 Å². The van der Waals surface area contributed by atoms with Gasteiger partial charge in [-0.3, -0.25) is 0 Å². The summed E-state index contributed by atoms with van der Waals surface area (Å²) < 4.78 is 0. The van der Waals surface area contributed by atoms with E-state index in [0.717, 1.165) is 6.54 Å². The first kappa shape index (κ1) is 8.78. The third-order valence-corrected chi connectivity index (χ3v) is 3.28. The van der Waals surface area contributed by atoms with Crippen LogP contribution in [0.4, 0.5) is 5.69 Å². The van der Waals surface area contributed by atoms with Crippen molar-refractivity contribution in [1.82, 2.24) is 0 Å². The van der Waals surface area contributed by atoms with Gasteiger partial charge in [0.2, 0.25) is 0 Å². The van der Waals surface area contributed by atoms with Crippen LogP contribution in [0.3, 0.4) is 0 Å². The Morgan fingerprint density at radius 2 is 2.27 bits per heavy atom. The molecule has 3 rings (SSSR count). The Kier molecular flexibility index (Phi) is 1.91. The van der Waals surface area contributed by atoms with Crippen LogP contribution in [0.1, 0.15) is 18.1 Å². The fourth-order valence-electron chi connectivity index (χ4n) is 2.60. The number of allylic oxidation sites excluding steroid dienone is 3. The van der Waals surface area contributed by atoms with Crippen LogP contribution in [0.25, 0.3) is 5.57 Å². The zero-order valence-corrected chi connectivity index (χ0v) is 9.03. The highest BCUT2D eigenvalue weighted by Gasteiger charge is 2.29. The lowest BCUT2D eigenvalue weighted by atomic mass is 10.0. The Labute approximate surface area is 90.7 Å². The summed E-state index contributed by atoms with van der Waals surface area (Å²) in [5.41, 5.74) is 5.93. The van der Waals surface area contributed by atoms with Gasteiger partial charge in [-0.2, -0.15) is 0 Å². The normalized spacial score (nSPS) is 20.6. The minimum atomic E-state index is 1.09. The Morgan fingerprint density at radius 3 is 3.13 bits per heavy atom. The molecule has 0 radical (unpaired) electrons. The van der Waals surface area contributed by atoms with Crippen LogP contribution in [-0.2, 0) is 6.42 Å². The van der Waals surface area contributed by atoms with Crippen molar-refractivity contribution >= 4 is 11.3 Å². The lowest BCUT2D eigenvalue weighted by Gasteiger charge is -2.10. The van der Waals surface area contributed by atoms with Crippen molar-refractivity contribution in [3.63, 3.8) is 0 Å². The van der Waals surface area contributed by atoms with Crippen LogP contribution in [0.15, 0.2) is 36.4 Å². The van der Waals surface area contributed by atoms with Gasteiger partial charge in [0.1, 0.15) is 0 Å². The molecule has 1 heteroatoms. The van der Waals surface area contributed by atoms with Gasteiger partial charge in [-0.1, -0.05) is 36.4 Å². The summed E-state index contributed by atoms with van der Waals surface area (Å²) >= 11 is 0. The minimum Gasteiger partial charge on any atom is -0.366 e. The van der Waals surface area contributed by atoms with E-state index in [1.54, 1.807) is 0 Å². The van der Waals surface area contributed by atoms with Crippen molar-refractivity contribution in [2.75, 3.05) is 18.0 Å². The summed E-state index contributed by atoms with van der Waals surface area (Å²) in [6.45, 7) is 4.35. The second-order valence-electron chi connectivity index (χ2n) is 4.20. The van der Waals surface area contributed by atoms with Gasteiger partial charge in [0, 0.05) is 24.3 Å². The maximum Gasteiger partial charge on any atom is 0.0479 e. The molecule has 2 aliphatic rings. The maximum absolute atomic E-state index is 2.50. The molecule has 0 atom stereocenters. The van der Waals surface area contributed by atoms with Crippen molar-refractivity contribution in [3.8, 4) is 0 Å². The van der Waals surface area contributed by atoms with Gasteiger partial charge >= 0.3 is 0 Å². The zero-order chi connectivity index (χ0) is 10.3. The van der Waals surface area contributed by atoms with E-state index in [4.69, 9.17) is 0 Å². The van der Waals surface area contributed by atoms with E-state index in [9.17, 15) is 0 Å². The number of rotatable bonds is 1. The average molecular weight is 197 g/mol. The van der Waals surface area contributed by atoms with E-state index in [2.05, 4.69) is 48.3 Å². The first-order valence-corrected chi connectivity index (χ1v) is 5.59. The number of nitrogens with zero attached hydrogens (tertiary/aromatic N) is 1. The van der Waals surface area contributed by atoms with Gasteiger partial charge in [0.05, 0.1) is 0 Å². The fraction of sp³-hybridized carbons (Fsp3) is 0.286. The molecule has 0 fully saturated rings. The third-order valence-electron chi connectivity index (χ3n) is 3.28. The number of hydrogen-bond donors (Lipinski definition) is 0. The monoisotopic (exact) mass is 197 g/mol. The molecule has 0 aliphatic carbocycles. The van der Waals surface area contributed by atoms with Crippen LogP contribution >= 0.6 is 0 Å². The molecule has 76 valence electrons. The van der Waals surface area contributed by atoms with Gasteiger partial charge < -0.3 is 4.90 Å². The molecule has 0 amide bonds. The van der Waals surface area contributed by atoms with Gasteiger partial charge in [0.25, 0.3) is 0 Å². The second-order valence-corrected chi connectivity index (χ2v) is 4.20. The van der Waals surface area contributed by atoms with Crippen molar-refractivity contribution in [2.24, 2.45) is 0 Å². The molecule has 0 N–H and O–H groups in total. The van der Waals surface area contributed by atoms with Gasteiger partial charge in [0.15, 0.2) is 0 Å². The van der Waals surface area contributed by atoms with Crippen LogP contribution < -0.4 is 4.90 Å². The van der Waals surface area contributed by atoms with Gasteiger partial charge in [-0.25, -0.2) is 0 Å². The summed E-state index contributed by atoms with van der Waals surface area (Å²) in [5, 5.41) is 0. The molecule has 2 aliphatic heterocycles. The van der Waals surface area contributed by atoms with E-state index in [1.165, 1.54) is 35.4 Å². The van der Waals surface area contributed by atoms with Crippen LogP contribution in [0, 0.1) is 0 Å². The molecular formula is C14H15N. The first-order valence-electron chi connectivity index (χ1n) is 5.59. The zero-order valence-electron chi connectivity index (χ0n) is 9.03. The van der Waals surface area contributed by atoms with E-state index in [-0.39, 0.29) is 0 Å². The minimum absolute atomic E-state index is 1.09. The lowest BCUT2D eigenvalue weighted by molar-refractivity contribution is 0.926. The summed E-state index contributed by atoms with van der Waals surface area (Å²) in [7, 11) is 0. The average Bonchev–Trinajstić information content (AvgIpc) is 2.82. The maximum atomic E-state index is 2.50. The number of para-hydroxylation sites is 1. The van der Waals surface area contributed by atoms with E-state index < -0.39 is 0 Å². The van der Waals surface area contributed by atoms with E-state index >= 15 is 0 Å². The molecule has 0 bridgehead atoms. The summed E-state index contributed by atoms with van der Waals surface area (Å²) in [6, 6.07) is 6.70. The SMILES string of the molecule is C/C=C\C=C1/CN2CCc3cccc1c32. The molecule has 15 heavy (non-hydrogen) atoms. The molecule has 1 aromatic rings. The molecule has 1 aromatic carbocycles. The van der Waals surface area contributed by atoms with Crippen molar-refractivity contribution in [3.05, 3.63) is 47.6 Å². The van der Waals surface area contributed by atoms with Crippen LogP contribution in [-0.4, -0.2) is 13.1 Å². The molecule has 0 saturated heterocycles. The molecule has 2 heterocycles. The Bertz CT molecular complexity index is 454. The summed E-state index contributed by atoms with van der Waals surface area (Å²) in [6.07, 6.45) is 7.69. The molecule has 0 unspecified atom stereocenters. The van der Waals surface area contributed by atoms with Gasteiger partial charge in [-0.05, 0) is 24.5 Å². The molecular weight excluding hydrogens is 182 g/mol. The Balaban J connectivity index is 2.13. The lowest BCUT2D eigenvalue weighted by Crippen LogP contribution is -2.16. The molecule has 0 saturated carbocycles. The fourth-order valence-corrected chi connectivity index (χ4v) is 2.60. The Morgan fingerprint density at radius 1 is 1.33 bits per heavy atom. The summed E-state index contributed by atoms with van der Waals surface area (Å²) in [4.78, 5) is 2.50. The molecule has 0 spiro atoms. The second kappa shape index (κ2) is 3.27. The third kappa shape index (κ3) is 1.23. The number of benzene rings is 1. The predicted molar refractivity (Wildman–Crippen MR) is 65.2 cm³/mol. The quantitative estimate of drug-likeness (QED) is 0.669. The van der Waals surface area contributed by atoms with Crippen molar-refractivity contribution in [1.29, 1.82) is 0 Å². The van der Waals surface area contributed by atoms with Crippen LogP contribution in [0.2, 0.25) is 0 Å². The molecule has 0 aromatic heterocycles. The standard InChI is InChI=1S/C14H15N/c1-2-3-5-12-10-15-9-8-11-6-4-7-13(12)14(11)15/h2-7H,8-10H2,1H3/b3-2-,12-5+. The predicted octanol–water partition coefficient (Wildman–Crippen LogP) is 3.02. The number of hydrogen-bond acceptors (Lipinski definition) is 1.